The Morgan fingerprint density at radius 2 is 2.14 bits per heavy atom. The van der Waals surface area contributed by atoms with Gasteiger partial charge in [-0.2, -0.15) is 0 Å². The van der Waals surface area contributed by atoms with Crippen LogP contribution in [0.3, 0.4) is 0 Å². The first-order chi connectivity index (χ1) is 6.58. The van der Waals surface area contributed by atoms with Crippen LogP contribution in [0.2, 0.25) is 0 Å². The summed E-state index contributed by atoms with van der Waals surface area (Å²) in [5.74, 6) is -0.121. The Kier molecular flexibility index (Phi) is 2.22. The number of rotatable bonds is 1. The molecule has 0 fully saturated rings. The normalized spacial score (nSPS) is 10.7. The first-order valence-corrected chi connectivity index (χ1v) is 5.09. The summed E-state index contributed by atoms with van der Waals surface area (Å²) in [4.78, 5) is 10.8. The standard InChI is InChI=1S/C10H7IO3/c1-5-2-6-3-7(10(12)13)4-8(11)9(6)14-5/h2-4H,1H3,(H,12,13). The first kappa shape index (κ1) is 9.51. The van der Waals surface area contributed by atoms with Crippen molar-refractivity contribution in [3.63, 3.8) is 0 Å². The molecular weight excluding hydrogens is 295 g/mol. The van der Waals surface area contributed by atoms with E-state index in [1.807, 2.05) is 13.0 Å². The van der Waals surface area contributed by atoms with E-state index in [1.54, 1.807) is 12.1 Å². The van der Waals surface area contributed by atoms with Crippen molar-refractivity contribution in [1.29, 1.82) is 0 Å². The molecule has 0 spiro atoms. The van der Waals surface area contributed by atoms with E-state index in [9.17, 15) is 4.79 Å². The Morgan fingerprint density at radius 1 is 1.43 bits per heavy atom. The fraction of sp³-hybridized carbons (Fsp3) is 0.100. The maximum Gasteiger partial charge on any atom is 0.335 e. The predicted octanol–water partition coefficient (Wildman–Crippen LogP) is 3.04. The molecule has 0 radical (unpaired) electrons. The van der Waals surface area contributed by atoms with Crippen molar-refractivity contribution in [1.82, 2.24) is 0 Å². The average Bonchev–Trinajstić information content (AvgIpc) is 2.45. The molecule has 14 heavy (non-hydrogen) atoms. The van der Waals surface area contributed by atoms with Crippen LogP contribution in [0.15, 0.2) is 22.6 Å². The minimum Gasteiger partial charge on any atom is -0.478 e. The molecule has 2 aromatic rings. The van der Waals surface area contributed by atoms with Crippen molar-refractivity contribution in [2.24, 2.45) is 0 Å². The number of aromatic carboxylic acids is 1. The Bertz CT molecular complexity index is 513. The highest BCUT2D eigenvalue weighted by Gasteiger charge is 2.10. The van der Waals surface area contributed by atoms with Crippen LogP contribution in [0, 0.1) is 10.5 Å². The molecule has 3 nitrogen and oxygen atoms in total. The Hall–Kier alpha value is -1.04. The van der Waals surface area contributed by atoms with E-state index < -0.39 is 5.97 Å². The number of furan rings is 1. The molecular formula is C10H7IO3. The Morgan fingerprint density at radius 3 is 2.79 bits per heavy atom. The van der Waals surface area contributed by atoms with Crippen molar-refractivity contribution >= 4 is 39.5 Å². The summed E-state index contributed by atoms with van der Waals surface area (Å²) in [6.07, 6.45) is 0. The lowest BCUT2D eigenvalue weighted by Crippen LogP contribution is -1.96. The summed E-state index contributed by atoms with van der Waals surface area (Å²) in [6, 6.07) is 5.06. The lowest BCUT2D eigenvalue weighted by molar-refractivity contribution is 0.0697. The molecule has 1 heterocycles. The van der Waals surface area contributed by atoms with Gasteiger partial charge in [-0.25, -0.2) is 4.79 Å². The molecule has 72 valence electrons. The lowest BCUT2D eigenvalue weighted by atomic mass is 10.1. The largest absolute Gasteiger partial charge is 0.478 e. The zero-order chi connectivity index (χ0) is 10.3. The fourth-order valence-electron chi connectivity index (χ4n) is 1.36. The van der Waals surface area contributed by atoms with Crippen LogP contribution >= 0.6 is 22.6 Å². The van der Waals surface area contributed by atoms with E-state index in [0.717, 1.165) is 20.3 Å². The fourth-order valence-corrected chi connectivity index (χ4v) is 2.12. The Balaban J connectivity index is 2.77. The van der Waals surface area contributed by atoms with E-state index in [4.69, 9.17) is 9.52 Å². The van der Waals surface area contributed by atoms with Gasteiger partial charge in [-0.3, -0.25) is 0 Å². The van der Waals surface area contributed by atoms with Gasteiger partial charge < -0.3 is 9.52 Å². The second-order valence-electron chi connectivity index (χ2n) is 3.04. The summed E-state index contributed by atoms with van der Waals surface area (Å²) >= 11 is 2.07. The van der Waals surface area contributed by atoms with E-state index in [0.29, 0.717) is 5.56 Å². The highest BCUT2D eigenvalue weighted by atomic mass is 127. The number of benzene rings is 1. The van der Waals surface area contributed by atoms with E-state index >= 15 is 0 Å². The van der Waals surface area contributed by atoms with E-state index in [1.165, 1.54) is 0 Å². The number of carbonyl (C=O) groups is 1. The molecule has 1 N–H and O–H groups in total. The molecule has 0 amide bonds. The molecule has 0 saturated carbocycles. The Labute approximate surface area is 93.9 Å². The second kappa shape index (κ2) is 3.27. The van der Waals surface area contributed by atoms with Crippen molar-refractivity contribution in [3.05, 3.63) is 33.1 Å². The average molecular weight is 302 g/mol. The molecule has 0 atom stereocenters. The SMILES string of the molecule is Cc1cc2cc(C(=O)O)cc(I)c2o1. The van der Waals surface area contributed by atoms with Crippen LogP contribution in [0.5, 0.6) is 0 Å². The van der Waals surface area contributed by atoms with Crippen LogP contribution in [0.25, 0.3) is 11.0 Å². The summed E-state index contributed by atoms with van der Waals surface area (Å²) in [7, 11) is 0. The van der Waals surface area contributed by atoms with Gasteiger partial charge in [0.1, 0.15) is 11.3 Å². The third-order valence-electron chi connectivity index (χ3n) is 1.94. The van der Waals surface area contributed by atoms with Gasteiger partial charge in [0.2, 0.25) is 0 Å². The third-order valence-corrected chi connectivity index (χ3v) is 2.74. The molecule has 1 aromatic heterocycles. The number of hydrogen-bond acceptors (Lipinski definition) is 2. The zero-order valence-corrected chi connectivity index (χ0v) is 9.53. The lowest BCUT2D eigenvalue weighted by Gasteiger charge is -1.96. The van der Waals surface area contributed by atoms with Crippen molar-refractivity contribution < 1.29 is 14.3 Å². The molecule has 4 heteroatoms. The molecule has 0 saturated heterocycles. The number of carboxylic acid groups (broad SMARTS) is 1. The van der Waals surface area contributed by atoms with Crippen molar-refractivity contribution in [3.8, 4) is 0 Å². The van der Waals surface area contributed by atoms with E-state index in [-0.39, 0.29) is 0 Å². The molecule has 0 unspecified atom stereocenters. The number of fused-ring (bicyclic) bond motifs is 1. The van der Waals surface area contributed by atoms with Gasteiger partial charge in [-0.15, -0.1) is 0 Å². The number of aryl methyl sites for hydroxylation is 1. The van der Waals surface area contributed by atoms with Gasteiger partial charge in [0.05, 0.1) is 9.13 Å². The van der Waals surface area contributed by atoms with Crippen molar-refractivity contribution in [2.45, 2.75) is 6.92 Å². The quantitative estimate of drug-likeness (QED) is 0.824. The van der Waals surface area contributed by atoms with Crippen LogP contribution in [-0.2, 0) is 0 Å². The topological polar surface area (TPSA) is 50.4 Å². The summed E-state index contributed by atoms with van der Waals surface area (Å²) in [5, 5.41) is 9.68. The van der Waals surface area contributed by atoms with Crippen molar-refractivity contribution in [2.75, 3.05) is 0 Å². The van der Waals surface area contributed by atoms with Crippen LogP contribution < -0.4 is 0 Å². The summed E-state index contributed by atoms with van der Waals surface area (Å²) < 4.78 is 6.26. The summed E-state index contributed by atoms with van der Waals surface area (Å²) in [5.41, 5.74) is 1.05. The van der Waals surface area contributed by atoms with Gasteiger partial charge in [0.25, 0.3) is 0 Å². The molecule has 2 rings (SSSR count). The molecule has 0 bridgehead atoms. The van der Waals surface area contributed by atoms with Crippen LogP contribution in [-0.4, -0.2) is 11.1 Å². The predicted molar refractivity (Wildman–Crippen MR) is 60.6 cm³/mol. The molecule has 1 aromatic carbocycles. The minimum atomic E-state index is -0.913. The first-order valence-electron chi connectivity index (χ1n) is 4.01. The third kappa shape index (κ3) is 1.50. The molecule has 0 aliphatic rings. The minimum absolute atomic E-state index is 0.294. The molecule has 0 aliphatic heterocycles. The summed E-state index contributed by atoms with van der Waals surface area (Å²) in [6.45, 7) is 1.84. The zero-order valence-electron chi connectivity index (χ0n) is 7.37. The molecule has 0 aliphatic carbocycles. The van der Waals surface area contributed by atoms with Gasteiger partial charge >= 0.3 is 5.97 Å². The van der Waals surface area contributed by atoms with Gasteiger partial charge in [0, 0.05) is 5.39 Å². The van der Waals surface area contributed by atoms with Gasteiger partial charge in [-0.1, -0.05) is 0 Å². The number of carboxylic acids is 1. The number of hydrogen-bond donors (Lipinski definition) is 1. The van der Waals surface area contributed by atoms with Gasteiger partial charge in [0.15, 0.2) is 0 Å². The van der Waals surface area contributed by atoms with E-state index in [2.05, 4.69) is 22.6 Å². The maximum atomic E-state index is 10.8. The highest BCUT2D eigenvalue weighted by Crippen LogP contribution is 2.25. The highest BCUT2D eigenvalue weighted by molar-refractivity contribution is 14.1. The monoisotopic (exact) mass is 302 g/mol. The maximum absolute atomic E-state index is 10.8. The van der Waals surface area contributed by atoms with Gasteiger partial charge in [-0.05, 0) is 47.7 Å². The number of halogens is 1. The van der Waals surface area contributed by atoms with Crippen LogP contribution in [0.1, 0.15) is 16.1 Å². The van der Waals surface area contributed by atoms with Crippen LogP contribution in [0.4, 0.5) is 0 Å². The second-order valence-corrected chi connectivity index (χ2v) is 4.20. The smallest absolute Gasteiger partial charge is 0.335 e.